The van der Waals surface area contributed by atoms with E-state index in [-0.39, 0.29) is 5.75 Å². The molecule has 0 amide bonds. The number of nitrogens with zero attached hydrogens (tertiary/aromatic N) is 1. The highest BCUT2D eigenvalue weighted by Crippen LogP contribution is 2.23. The molecule has 122 valence electrons. The quantitative estimate of drug-likeness (QED) is 0.552. The number of hydrogen-bond donors (Lipinski definition) is 1. The third-order valence-corrected chi connectivity index (χ3v) is 4.14. The second-order valence-corrected chi connectivity index (χ2v) is 5.90. The first kappa shape index (κ1) is 15.2. The van der Waals surface area contributed by atoms with E-state index in [1.807, 2.05) is 36.4 Å². The van der Waals surface area contributed by atoms with Gasteiger partial charge in [-0.3, -0.25) is 0 Å². The fraction of sp³-hybridized carbons (Fsp3) is 0.0455. The zero-order chi connectivity index (χ0) is 17.1. The third-order valence-electron chi connectivity index (χ3n) is 4.14. The fourth-order valence-corrected chi connectivity index (χ4v) is 2.90. The molecule has 0 saturated heterocycles. The number of benzene rings is 3. The molecular formula is C22H18NO2+. The van der Waals surface area contributed by atoms with Crippen molar-refractivity contribution < 1.29 is 14.4 Å². The van der Waals surface area contributed by atoms with Gasteiger partial charge in [-0.2, -0.15) is 4.57 Å². The van der Waals surface area contributed by atoms with Gasteiger partial charge in [0.05, 0.1) is 6.07 Å². The lowest BCUT2D eigenvalue weighted by Gasteiger charge is -2.09. The summed E-state index contributed by atoms with van der Waals surface area (Å²) in [5.41, 5.74) is 2.32. The summed E-state index contributed by atoms with van der Waals surface area (Å²) in [7, 11) is 0. The van der Waals surface area contributed by atoms with Crippen molar-refractivity contribution >= 4 is 10.9 Å². The lowest BCUT2D eigenvalue weighted by molar-refractivity contribution is -0.666. The normalized spacial score (nSPS) is 10.7. The van der Waals surface area contributed by atoms with Crippen LogP contribution in [0.2, 0.25) is 0 Å². The summed E-state index contributed by atoms with van der Waals surface area (Å²) in [5.74, 6) is 1.67. The van der Waals surface area contributed by atoms with Crippen LogP contribution in [0.25, 0.3) is 10.9 Å². The zero-order valence-corrected chi connectivity index (χ0v) is 13.7. The van der Waals surface area contributed by atoms with E-state index in [0.717, 1.165) is 23.3 Å². The third kappa shape index (κ3) is 3.31. The van der Waals surface area contributed by atoms with Crippen LogP contribution in [0.5, 0.6) is 17.4 Å². The maximum absolute atomic E-state index is 9.45. The Balaban J connectivity index is 1.79. The standard InChI is InChI=1S/C22H17NO2/c24-19-11-13-20(14-12-19)25-22-15-10-18-8-4-5-9-21(18)23(22)16-17-6-2-1-3-7-17/h1-15H,16H2/p+1. The van der Waals surface area contributed by atoms with Gasteiger partial charge in [0, 0.05) is 17.0 Å². The maximum atomic E-state index is 9.45. The molecule has 0 bridgehead atoms. The van der Waals surface area contributed by atoms with Gasteiger partial charge >= 0.3 is 5.88 Å². The van der Waals surface area contributed by atoms with E-state index in [9.17, 15) is 5.11 Å². The number of rotatable bonds is 4. The van der Waals surface area contributed by atoms with E-state index >= 15 is 0 Å². The molecule has 0 aliphatic carbocycles. The van der Waals surface area contributed by atoms with Crippen LogP contribution in [0, 0.1) is 0 Å². The van der Waals surface area contributed by atoms with Crippen LogP contribution in [-0.4, -0.2) is 5.11 Å². The van der Waals surface area contributed by atoms with Crippen molar-refractivity contribution in [1.29, 1.82) is 0 Å². The Labute approximate surface area is 146 Å². The van der Waals surface area contributed by atoms with Crippen molar-refractivity contribution in [3.63, 3.8) is 0 Å². The summed E-state index contributed by atoms with van der Waals surface area (Å²) in [4.78, 5) is 0. The average Bonchev–Trinajstić information content (AvgIpc) is 2.66. The molecule has 3 nitrogen and oxygen atoms in total. The lowest BCUT2D eigenvalue weighted by Crippen LogP contribution is -2.36. The largest absolute Gasteiger partial charge is 0.508 e. The molecule has 0 unspecified atom stereocenters. The molecule has 0 spiro atoms. The van der Waals surface area contributed by atoms with E-state index < -0.39 is 0 Å². The molecule has 25 heavy (non-hydrogen) atoms. The summed E-state index contributed by atoms with van der Waals surface area (Å²) in [6.07, 6.45) is 0. The number of para-hydroxylation sites is 1. The number of phenols is 1. The second kappa shape index (κ2) is 6.65. The summed E-state index contributed by atoms with van der Waals surface area (Å²) in [6.45, 7) is 0.718. The number of hydrogen-bond acceptors (Lipinski definition) is 2. The van der Waals surface area contributed by atoms with Crippen LogP contribution < -0.4 is 9.30 Å². The van der Waals surface area contributed by atoms with Gasteiger partial charge in [0.25, 0.3) is 0 Å². The molecule has 1 aromatic heterocycles. The molecule has 0 fully saturated rings. The summed E-state index contributed by atoms with van der Waals surface area (Å²) < 4.78 is 8.26. The minimum Gasteiger partial charge on any atom is -0.508 e. The van der Waals surface area contributed by atoms with Gasteiger partial charge in [-0.15, -0.1) is 0 Å². The monoisotopic (exact) mass is 328 g/mol. The first-order valence-electron chi connectivity index (χ1n) is 8.22. The minimum absolute atomic E-state index is 0.225. The Kier molecular flexibility index (Phi) is 4.05. The molecule has 3 heteroatoms. The van der Waals surface area contributed by atoms with Gasteiger partial charge in [-0.05, 0) is 36.4 Å². The fourth-order valence-electron chi connectivity index (χ4n) is 2.90. The Morgan fingerprint density at radius 1 is 0.720 bits per heavy atom. The Hall–Kier alpha value is -3.33. The smallest absolute Gasteiger partial charge is 0.374 e. The van der Waals surface area contributed by atoms with Crippen molar-refractivity contribution in [3.05, 3.63) is 96.6 Å². The SMILES string of the molecule is Oc1ccc(Oc2ccc3ccccc3[n+]2Cc2ccccc2)cc1. The van der Waals surface area contributed by atoms with Gasteiger partial charge in [0.15, 0.2) is 6.54 Å². The van der Waals surface area contributed by atoms with Gasteiger partial charge in [-0.1, -0.05) is 42.5 Å². The number of fused-ring (bicyclic) bond motifs is 1. The molecule has 0 atom stereocenters. The Bertz CT molecular complexity index is 995. The first-order valence-corrected chi connectivity index (χ1v) is 8.22. The van der Waals surface area contributed by atoms with Gasteiger partial charge in [0.1, 0.15) is 11.5 Å². The molecule has 4 rings (SSSR count). The molecule has 1 N–H and O–H groups in total. The topological polar surface area (TPSA) is 33.3 Å². The summed E-state index contributed by atoms with van der Waals surface area (Å²) in [6, 6.07) is 29.4. The van der Waals surface area contributed by atoms with E-state index in [0.29, 0.717) is 5.75 Å². The van der Waals surface area contributed by atoms with Crippen LogP contribution in [0.4, 0.5) is 0 Å². The van der Waals surface area contributed by atoms with Gasteiger partial charge < -0.3 is 9.84 Å². The summed E-state index contributed by atoms with van der Waals surface area (Å²) in [5, 5.41) is 10.6. The molecule has 3 aromatic carbocycles. The van der Waals surface area contributed by atoms with Gasteiger partial charge in [0.2, 0.25) is 5.52 Å². The molecule has 4 aromatic rings. The Morgan fingerprint density at radius 3 is 2.24 bits per heavy atom. The first-order chi connectivity index (χ1) is 12.3. The van der Waals surface area contributed by atoms with Crippen LogP contribution in [0.15, 0.2) is 91.0 Å². The van der Waals surface area contributed by atoms with E-state index in [4.69, 9.17) is 4.74 Å². The number of ether oxygens (including phenoxy) is 1. The molecule has 0 saturated carbocycles. The minimum atomic E-state index is 0.225. The predicted octanol–water partition coefficient (Wildman–Crippen LogP) is 4.67. The molecule has 0 aliphatic heterocycles. The zero-order valence-electron chi connectivity index (χ0n) is 13.7. The average molecular weight is 328 g/mol. The highest BCUT2D eigenvalue weighted by Gasteiger charge is 2.18. The molecule has 1 heterocycles. The number of aromatic hydroxyl groups is 1. The summed E-state index contributed by atoms with van der Waals surface area (Å²) >= 11 is 0. The lowest BCUT2D eigenvalue weighted by atomic mass is 10.2. The van der Waals surface area contributed by atoms with E-state index in [1.54, 1.807) is 24.3 Å². The highest BCUT2D eigenvalue weighted by atomic mass is 16.5. The number of phenolic OH excluding ortho intramolecular Hbond substituents is 1. The van der Waals surface area contributed by atoms with Crippen molar-refractivity contribution in [1.82, 2.24) is 0 Å². The van der Waals surface area contributed by atoms with E-state index in [2.05, 4.69) is 34.9 Å². The number of aromatic nitrogens is 1. The van der Waals surface area contributed by atoms with Crippen molar-refractivity contribution in [2.24, 2.45) is 0 Å². The van der Waals surface area contributed by atoms with Gasteiger partial charge in [-0.25, -0.2) is 0 Å². The van der Waals surface area contributed by atoms with Crippen LogP contribution in [0.3, 0.4) is 0 Å². The van der Waals surface area contributed by atoms with E-state index in [1.165, 1.54) is 5.56 Å². The van der Waals surface area contributed by atoms with Crippen LogP contribution in [0.1, 0.15) is 5.56 Å². The van der Waals surface area contributed by atoms with Crippen molar-refractivity contribution in [2.75, 3.05) is 0 Å². The van der Waals surface area contributed by atoms with Crippen LogP contribution in [-0.2, 0) is 6.54 Å². The Morgan fingerprint density at radius 2 is 1.44 bits per heavy atom. The van der Waals surface area contributed by atoms with Crippen molar-refractivity contribution in [3.8, 4) is 17.4 Å². The van der Waals surface area contributed by atoms with Crippen molar-refractivity contribution in [2.45, 2.75) is 6.54 Å². The molecule has 0 radical (unpaired) electrons. The molecule has 0 aliphatic rings. The predicted molar refractivity (Wildman–Crippen MR) is 97.9 cm³/mol. The highest BCUT2D eigenvalue weighted by molar-refractivity contribution is 5.75. The van der Waals surface area contributed by atoms with Crippen LogP contribution >= 0.6 is 0 Å². The second-order valence-electron chi connectivity index (χ2n) is 5.90. The maximum Gasteiger partial charge on any atom is 0.374 e. The number of pyridine rings is 1. The molecular weight excluding hydrogens is 310 g/mol.